The zero-order valence-corrected chi connectivity index (χ0v) is 29.3. The maximum Gasteiger partial charge on any atom is 0.317 e. The number of ether oxygens (including phenoxy) is 1. The molecule has 1 amide bonds. The summed E-state index contributed by atoms with van der Waals surface area (Å²) in [6.07, 6.45) is 7.81. The summed E-state index contributed by atoms with van der Waals surface area (Å²) >= 11 is 0. The summed E-state index contributed by atoms with van der Waals surface area (Å²) in [5.74, 6) is -7.14. The van der Waals surface area contributed by atoms with Crippen LogP contribution in [0.5, 0.6) is 5.75 Å². The molecule has 18 nitrogen and oxygen atoms in total. The zero-order chi connectivity index (χ0) is 38.9. The highest BCUT2D eigenvalue weighted by atomic mass is 16.5. The lowest BCUT2D eigenvalue weighted by molar-refractivity contribution is -0.144. The fourth-order valence-corrected chi connectivity index (χ4v) is 5.46. The van der Waals surface area contributed by atoms with Crippen molar-refractivity contribution in [2.75, 3.05) is 65.5 Å². The number of carbonyl (C=O) groups is 7. The van der Waals surface area contributed by atoms with E-state index in [4.69, 9.17) is 20.1 Å². The topological polar surface area (TPSA) is 272 Å². The number of aliphatic carboxylic acids is 6. The molecule has 1 aromatic rings. The van der Waals surface area contributed by atoms with E-state index in [0.29, 0.717) is 24.3 Å². The van der Waals surface area contributed by atoms with Gasteiger partial charge in [-0.2, -0.15) is 0 Å². The molecule has 292 valence electrons. The highest BCUT2D eigenvalue weighted by Gasteiger charge is 2.27. The summed E-state index contributed by atoms with van der Waals surface area (Å²) in [5, 5.41) is 58.3. The van der Waals surface area contributed by atoms with E-state index < -0.39 is 74.6 Å². The molecule has 52 heavy (non-hydrogen) atoms. The van der Waals surface area contributed by atoms with Gasteiger partial charge in [-0.3, -0.25) is 48.3 Å². The number of carboxylic acid groups (broad SMARTS) is 6. The monoisotopic (exact) mass is 740 g/mol. The van der Waals surface area contributed by atoms with Crippen molar-refractivity contribution in [3.05, 3.63) is 29.8 Å². The smallest absolute Gasteiger partial charge is 0.317 e. The maximum absolute atomic E-state index is 12.3. The summed E-state index contributed by atoms with van der Waals surface area (Å²) in [7, 11) is 0. The van der Waals surface area contributed by atoms with Crippen LogP contribution in [0.2, 0.25) is 0 Å². The first-order valence-corrected chi connectivity index (χ1v) is 17.1. The van der Waals surface area contributed by atoms with Crippen molar-refractivity contribution >= 4 is 41.7 Å². The van der Waals surface area contributed by atoms with Crippen LogP contribution in [0.25, 0.3) is 0 Å². The number of hydrogen-bond acceptors (Lipinski definition) is 11. The minimum absolute atomic E-state index is 0.0795. The Morgan fingerprint density at radius 1 is 0.577 bits per heavy atom. The Balaban J connectivity index is 2.79. The van der Waals surface area contributed by atoms with E-state index in [1.54, 1.807) is 24.3 Å². The molecule has 1 unspecified atom stereocenters. The molecule has 18 heteroatoms. The van der Waals surface area contributed by atoms with E-state index >= 15 is 0 Å². The Bertz CT molecular complexity index is 1260. The van der Waals surface area contributed by atoms with E-state index in [1.165, 1.54) is 9.80 Å². The second-order valence-electron chi connectivity index (χ2n) is 12.4. The summed E-state index contributed by atoms with van der Waals surface area (Å²) < 4.78 is 5.58. The van der Waals surface area contributed by atoms with Crippen LogP contribution in [0.4, 0.5) is 0 Å². The molecule has 0 aliphatic carbocycles. The van der Waals surface area contributed by atoms with Crippen LogP contribution < -0.4 is 10.1 Å². The maximum atomic E-state index is 12.3. The average Bonchev–Trinajstić information content (AvgIpc) is 3.03. The Kier molecular flexibility index (Phi) is 22.6. The van der Waals surface area contributed by atoms with Crippen LogP contribution in [0.15, 0.2) is 24.3 Å². The van der Waals surface area contributed by atoms with E-state index in [2.05, 4.69) is 5.32 Å². The molecule has 1 rings (SSSR count). The number of benzene rings is 1. The van der Waals surface area contributed by atoms with Crippen molar-refractivity contribution in [3.8, 4) is 5.75 Å². The fourth-order valence-electron chi connectivity index (χ4n) is 5.46. The second-order valence-corrected chi connectivity index (χ2v) is 12.4. The van der Waals surface area contributed by atoms with Crippen LogP contribution in [0.1, 0.15) is 63.4 Å². The quantitative estimate of drug-likeness (QED) is 0.0508. The van der Waals surface area contributed by atoms with Gasteiger partial charge in [0.05, 0.1) is 32.7 Å². The van der Waals surface area contributed by atoms with Crippen LogP contribution in [0.3, 0.4) is 0 Å². The third-order valence-electron chi connectivity index (χ3n) is 7.88. The highest BCUT2D eigenvalue weighted by Crippen LogP contribution is 2.17. The van der Waals surface area contributed by atoms with E-state index in [9.17, 15) is 48.9 Å². The summed E-state index contributed by atoms with van der Waals surface area (Å²) in [6.45, 7) is -3.26. The van der Waals surface area contributed by atoms with Crippen LogP contribution in [-0.2, 0) is 40.0 Å². The third-order valence-corrected chi connectivity index (χ3v) is 7.88. The van der Waals surface area contributed by atoms with Crippen molar-refractivity contribution in [1.82, 2.24) is 20.0 Å². The SMILES string of the molecule is O=C(O)CCCCCCCCCCNC(=O)COc1ccc(CC(CN(CCN(CC(=O)O)CC(=O)O)CC(=O)O)N(CC(=O)O)CC(=O)O)cc1. The minimum atomic E-state index is -1.31. The lowest BCUT2D eigenvalue weighted by atomic mass is 10.0. The largest absolute Gasteiger partial charge is 0.484 e. The van der Waals surface area contributed by atoms with Crippen LogP contribution in [0, 0.1) is 0 Å². The number of hydrogen-bond donors (Lipinski definition) is 7. The van der Waals surface area contributed by atoms with Gasteiger partial charge in [0.25, 0.3) is 5.91 Å². The van der Waals surface area contributed by atoms with Gasteiger partial charge in [-0.05, 0) is 37.0 Å². The molecule has 0 aromatic heterocycles. The van der Waals surface area contributed by atoms with Crippen LogP contribution >= 0.6 is 0 Å². The molecule has 0 aliphatic rings. The van der Waals surface area contributed by atoms with Gasteiger partial charge in [0.2, 0.25) is 0 Å². The average molecular weight is 741 g/mol. The molecule has 0 fully saturated rings. The highest BCUT2D eigenvalue weighted by molar-refractivity contribution is 5.77. The zero-order valence-electron chi connectivity index (χ0n) is 29.3. The van der Waals surface area contributed by atoms with Crippen LogP contribution in [-0.4, -0.2) is 159 Å². The number of carbonyl (C=O) groups excluding carboxylic acids is 1. The third kappa shape index (κ3) is 23.6. The Morgan fingerprint density at radius 3 is 1.54 bits per heavy atom. The first-order valence-electron chi connectivity index (χ1n) is 17.1. The summed E-state index contributed by atoms with van der Waals surface area (Å²) in [6, 6.07) is 5.63. The fraction of sp³-hybridized carbons (Fsp3) is 0.618. The van der Waals surface area contributed by atoms with Gasteiger partial charge < -0.3 is 40.7 Å². The predicted molar refractivity (Wildman–Crippen MR) is 184 cm³/mol. The van der Waals surface area contributed by atoms with Gasteiger partial charge in [-0.1, -0.05) is 50.7 Å². The lowest BCUT2D eigenvalue weighted by Gasteiger charge is -2.34. The molecule has 0 saturated heterocycles. The van der Waals surface area contributed by atoms with Gasteiger partial charge in [0.1, 0.15) is 5.75 Å². The normalized spacial score (nSPS) is 11.8. The van der Waals surface area contributed by atoms with Crippen molar-refractivity contribution in [2.45, 2.75) is 70.3 Å². The molecule has 0 radical (unpaired) electrons. The van der Waals surface area contributed by atoms with E-state index in [1.807, 2.05) is 0 Å². The van der Waals surface area contributed by atoms with Crippen molar-refractivity contribution in [3.63, 3.8) is 0 Å². The van der Waals surface area contributed by atoms with Crippen molar-refractivity contribution in [1.29, 1.82) is 0 Å². The molecular formula is C34H52N4O14. The Labute approximate surface area is 301 Å². The molecule has 0 heterocycles. The van der Waals surface area contributed by atoms with Crippen molar-refractivity contribution < 1.29 is 68.9 Å². The molecule has 1 atom stereocenters. The predicted octanol–water partition coefficient (Wildman–Crippen LogP) is 1.02. The molecule has 0 saturated carbocycles. The Morgan fingerprint density at radius 2 is 1.04 bits per heavy atom. The number of unbranched alkanes of at least 4 members (excludes halogenated alkanes) is 7. The molecule has 7 N–H and O–H groups in total. The number of carboxylic acids is 6. The standard InChI is InChI=1S/C34H52N4O14/c39-28(35-14-8-6-4-2-1-3-5-7-9-29(40)41)24-52-27-12-10-25(11-13-27)17-26(38(22-33(48)49)23-34(50)51)18-36(19-30(42)43)15-16-37(20-31(44)45)21-32(46)47/h10-13,26H,1-9,14-24H2,(H,35,39)(H,40,41)(H,42,43)(H,44,45)(H,46,47)(H,48,49)(H,50,51). The minimum Gasteiger partial charge on any atom is -0.484 e. The molecule has 0 bridgehead atoms. The molecule has 0 aliphatic heterocycles. The second kappa shape index (κ2) is 26.0. The number of nitrogens with one attached hydrogen (secondary N) is 1. The van der Waals surface area contributed by atoms with Gasteiger partial charge in [-0.25, -0.2) is 0 Å². The van der Waals surface area contributed by atoms with Gasteiger partial charge in [-0.15, -0.1) is 0 Å². The van der Waals surface area contributed by atoms with Gasteiger partial charge >= 0.3 is 35.8 Å². The molecule has 0 spiro atoms. The first kappa shape index (κ1) is 45.2. The lowest BCUT2D eigenvalue weighted by Crippen LogP contribution is -2.51. The number of rotatable bonds is 32. The first-order chi connectivity index (χ1) is 24.6. The van der Waals surface area contributed by atoms with E-state index in [0.717, 1.165) is 49.8 Å². The van der Waals surface area contributed by atoms with E-state index in [-0.39, 0.29) is 45.0 Å². The Hall–Kier alpha value is -4.81. The number of amides is 1. The number of nitrogens with zero attached hydrogens (tertiary/aromatic N) is 3. The summed E-state index contributed by atoms with van der Waals surface area (Å²) in [4.78, 5) is 83.8. The van der Waals surface area contributed by atoms with Gasteiger partial charge in [0.15, 0.2) is 6.61 Å². The van der Waals surface area contributed by atoms with Crippen molar-refractivity contribution in [2.24, 2.45) is 0 Å². The molecule has 1 aromatic carbocycles. The summed E-state index contributed by atoms with van der Waals surface area (Å²) in [5.41, 5.74) is 0.622. The van der Waals surface area contributed by atoms with Gasteiger partial charge in [0, 0.05) is 38.6 Å². The molecular weight excluding hydrogens is 688 g/mol.